The van der Waals surface area contributed by atoms with Crippen LogP contribution in [-0.4, -0.2) is 36.4 Å². The van der Waals surface area contributed by atoms with E-state index in [1.807, 2.05) is 19.1 Å². The standard InChI is InChI=1S/C15H22N3O2P/c1-9(2)16-15-11-7-14(21(5,6)19)13(20-4)8-12(11)17-10(3)18-15/h7-9H,1-6H3,(H,16,17,18). The van der Waals surface area contributed by atoms with Gasteiger partial charge in [0.1, 0.15) is 24.5 Å². The number of aryl methyl sites for hydroxylation is 1. The Labute approximate surface area is 125 Å². The van der Waals surface area contributed by atoms with Gasteiger partial charge >= 0.3 is 0 Å². The fourth-order valence-corrected chi connectivity index (χ4v) is 3.36. The van der Waals surface area contributed by atoms with E-state index in [4.69, 9.17) is 4.74 Å². The van der Waals surface area contributed by atoms with Gasteiger partial charge < -0.3 is 14.6 Å². The Kier molecular flexibility index (Phi) is 4.24. The zero-order valence-electron chi connectivity index (χ0n) is 13.4. The third-order valence-electron chi connectivity index (χ3n) is 3.11. The normalized spacial score (nSPS) is 12.0. The Hall–Kier alpha value is -1.61. The number of ether oxygens (including phenoxy) is 1. The molecule has 0 unspecified atom stereocenters. The third kappa shape index (κ3) is 3.35. The molecule has 1 aromatic heterocycles. The van der Waals surface area contributed by atoms with Crippen LogP contribution < -0.4 is 15.4 Å². The van der Waals surface area contributed by atoms with E-state index in [0.29, 0.717) is 11.6 Å². The number of methoxy groups -OCH3 is 1. The second-order valence-electron chi connectivity index (χ2n) is 5.81. The average molecular weight is 307 g/mol. The molecule has 6 heteroatoms. The van der Waals surface area contributed by atoms with Crippen LogP contribution in [0.3, 0.4) is 0 Å². The first-order valence-electron chi connectivity index (χ1n) is 6.91. The van der Waals surface area contributed by atoms with Crippen LogP contribution in [-0.2, 0) is 4.57 Å². The fraction of sp³-hybridized carbons (Fsp3) is 0.467. The van der Waals surface area contributed by atoms with E-state index in [2.05, 4.69) is 29.1 Å². The summed E-state index contributed by atoms with van der Waals surface area (Å²) in [5.74, 6) is 2.07. The molecule has 0 aliphatic carbocycles. The molecule has 0 spiro atoms. The molecule has 0 saturated heterocycles. The Morgan fingerprint density at radius 2 is 1.90 bits per heavy atom. The van der Waals surface area contributed by atoms with Crippen molar-refractivity contribution in [2.24, 2.45) is 0 Å². The summed E-state index contributed by atoms with van der Waals surface area (Å²) in [7, 11) is -0.866. The van der Waals surface area contributed by atoms with Crippen molar-refractivity contribution in [2.45, 2.75) is 26.8 Å². The Balaban J connectivity index is 2.79. The van der Waals surface area contributed by atoms with E-state index in [1.54, 1.807) is 20.4 Å². The molecule has 2 rings (SSSR count). The molecule has 0 radical (unpaired) electrons. The van der Waals surface area contributed by atoms with Crippen LogP contribution in [0.2, 0.25) is 0 Å². The van der Waals surface area contributed by atoms with Crippen molar-refractivity contribution in [1.82, 2.24) is 9.97 Å². The first kappa shape index (κ1) is 15.8. The Bertz CT molecular complexity index is 722. The second kappa shape index (κ2) is 5.64. The maximum absolute atomic E-state index is 12.5. The van der Waals surface area contributed by atoms with Gasteiger partial charge in [-0.2, -0.15) is 0 Å². The van der Waals surface area contributed by atoms with Crippen molar-refractivity contribution >= 4 is 29.2 Å². The van der Waals surface area contributed by atoms with Crippen molar-refractivity contribution in [3.63, 3.8) is 0 Å². The summed E-state index contributed by atoms with van der Waals surface area (Å²) in [5.41, 5.74) is 0.791. The SMILES string of the molecule is COc1cc2nc(C)nc(NC(C)C)c2cc1P(C)(C)=O. The predicted octanol–water partition coefficient (Wildman–Crippen LogP) is 3.02. The highest BCUT2D eigenvalue weighted by atomic mass is 31.2. The minimum absolute atomic E-state index is 0.253. The molecule has 21 heavy (non-hydrogen) atoms. The molecular weight excluding hydrogens is 285 g/mol. The van der Waals surface area contributed by atoms with E-state index in [-0.39, 0.29) is 6.04 Å². The molecule has 0 atom stereocenters. The Morgan fingerprint density at radius 3 is 2.43 bits per heavy atom. The van der Waals surface area contributed by atoms with Crippen molar-refractivity contribution in [2.75, 3.05) is 25.8 Å². The molecule has 0 bridgehead atoms. The molecule has 114 valence electrons. The highest BCUT2D eigenvalue weighted by molar-refractivity contribution is 7.70. The number of benzene rings is 1. The smallest absolute Gasteiger partial charge is 0.137 e. The van der Waals surface area contributed by atoms with Crippen molar-refractivity contribution in [3.8, 4) is 5.75 Å². The van der Waals surface area contributed by atoms with Crippen LogP contribution in [0.25, 0.3) is 10.9 Å². The largest absolute Gasteiger partial charge is 0.496 e. The first-order valence-corrected chi connectivity index (χ1v) is 9.51. The van der Waals surface area contributed by atoms with Crippen LogP contribution in [0, 0.1) is 6.92 Å². The highest BCUT2D eigenvalue weighted by Gasteiger charge is 2.20. The lowest BCUT2D eigenvalue weighted by atomic mass is 10.2. The van der Waals surface area contributed by atoms with E-state index >= 15 is 0 Å². The van der Waals surface area contributed by atoms with Crippen LogP contribution in [0.15, 0.2) is 12.1 Å². The lowest BCUT2D eigenvalue weighted by Crippen LogP contribution is -2.14. The van der Waals surface area contributed by atoms with Crippen molar-refractivity contribution in [1.29, 1.82) is 0 Å². The van der Waals surface area contributed by atoms with Gasteiger partial charge in [-0.25, -0.2) is 9.97 Å². The van der Waals surface area contributed by atoms with Gasteiger partial charge in [0.2, 0.25) is 0 Å². The lowest BCUT2D eigenvalue weighted by molar-refractivity contribution is 0.418. The molecule has 1 aromatic carbocycles. The van der Waals surface area contributed by atoms with Crippen LogP contribution in [0.1, 0.15) is 19.7 Å². The van der Waals surface area contributed by atoms with Crippen molar-refractivity contribution < 1.29 is 9.30 Å². The summed E-state index contributed by atoms with van der Waals surface area (Å²) in [5, 5.41) is 4.91. The lowest BCUT2D eigenvalue weighted by Gasteiger charge is -2.17. The summed E-state index contributed by atoms with van der Waals surface area (Å²) in [6, 6.07) is 3.98. The summed E-state index contributed by atoms with van der Waals surface area (Å²) in [6.45, 7) is 9.44. The topological polar surface area (TPSA) is 64.1 Å². The number of rotatable bonds is 4. The Morgan fingerprint density at radius 1 is 1.24 bits per heavy atom. The number of nitrogens with one attached hydrogen (secondary N) is 1. The fourth-order valence-electron chi connectivity index (χ4n) is 2.23. The molecule has 0 saturated carbocycles. The van der Waals surface area contributed by atoms with E-state index in [1.165, 1.54) is 0 Å². The maximum atomic E-state index is 12.5. The number of fused-ring (bicyclic) bond motifs is 1. The second-order valence-corrected chi connectivity index (χ2v) is 8.99. The summed E-state index contributed by atoms with van der Waals surface area (Å²) < 4.78 is 17.9. The molecule has 0 fully saturated rings. The van der Waals surface area contributed by atoms with Gasteiger partial charge in [-0.05, 0) is 40.2 Å². The average Bonchev–Trinajstić information content (AvgIpc) is 2.35. The monoisotopic (exact) mass is 307 g/mol. The van der Waals surface area contributed by atoms with Gasteiger partial charge in [0, 0.05) is 17.5 Å². The van der Waals surface area contributed by atoms with Crippen LogP contribution in [0.5, 0.6) is 5.75 Å². The zero-order valence-corrected chi connectivity index (χ0v) is 14.3. The molecule has 5 nitrogen and oxygen atoms in total. The zero-order chi connectivity index (χ0) is 15.8. The molecular formula is C15H22N3O2P. The number of nitrogens with zero attached hydrogens (tertiary/aromatic N) is 2. The third-order valence-corrected chi connectivity index (χ3v) is 4.62. The number of hydrogen-bond donors (Lipinski definition) is 1. The number of hydrogen-bond acceptors (Lipinski definition) is 5. The molecule has 0 aliphatic rings. The van der Waals surface area contributed by atoms with Gasteiger partial charge in [-0.3, -0.25) is 0 Å². The van der Waals surface area contributed by atoms with Gasteiger partial charge in [0.15, 0.2) is 0 Å². The van der Waals surface area contributed by atoms with E-state index in [9.17, 15) is 4.57 Å². The van der Waals surface area contributed by atoms with Gasteiger partial charge in [-0.15, -0.1) is 0 Å². The predicted molar refractivity (Wildman–Crippen MR) is 88.7 cm³/mol. The van der Waals surface area contributed by atoms with Gasteiger partial charge in [0.05, 0.1) is 17.9 Å². The van der Waals surface area contributed by atoms with Crippen LogP contribution in [0.4, 0.5) is 5.82 Å². The molecule has 0 amide bonds. The molecule has 1 heterocycles. The van der Waals surface area contributed by atoms with Crippen LogP contribution >= 0.6 is 7.14 Å². The van der Waals surface area contributed by atoms with E-state index in [0.717, 1.165) is 22.0 Å². The van der Waals surface area contributed by atoms with Gasteiger partial charge in [-0.1, -0.05) is 0 Å². The summed E-state index contributed by atoms with van der Waals surface area (Å²) in [6.07, 6.45) is 0. The number of aromatic nitrogens is 2. The summed E-state index contributed by atoms with van der Waals surface area (Å²) in [4.78, 5) is 8.92. The first-order chi connectivity index (χ1) is 9.72. The summed E-state index contributed by atoms with van der Waals surface area (Å²) >= 11 is 0. The van der Waals surface area contributed by atoms with Gasteiger partial charge in [0.25, 0.3) is 0 Å². The van der Waals surface area contributed by atoms with E-state index < -0.39 is 7.14 Å². The molecule has 2 aromatic rings. The quantitative estimate of drug-likeness (QED) is 0.880. The minimum atomic E-state index is -2.45. The minimum Gasteiger partial charge on any atom is -0.496 e. The van der Waals surface area contributed by atoms with Crippen molar-refractivity contribution in [3.05, 3.63) is 18.0 Å². The maximum Gasteiger partial charge on any atom is 0.137 e. The molecule has 0 aliphatic heterocycles. The highest BCUT2D eigenvalue weighted by Crippen LogP contribution is 2.40. The molecule has 1 N–H and O–H groups in total. The number of anilines is 1.